The first-order valence-corrected chi connectivity index (χ1v) is 5.53. The predicted molar refractivity (Wildman–Crippen MR) is 54.7 cm³/mol. The lowest BCUT2D eigenvalue weighted by atomic mass is 10.3. The first kappa shape index (κ1) is 9.09. The van der Waals surface area contributed by atoms with E-state index in [4.69, 9.17) is 5.73 Å². The normalized spacial score (nSPS) is 28.2. The lowest BCUT2D eigenvalue weighted by Gasteiger charge is -2.07. The molecule has 3 nitrogen and oxygen atoms in total. The minimum absolute atomic E-state index is 0.415. The molecular formula is C9H15N3S. The number of aromatic nitrogens is 2. The molecule has 4 heteroatoms. The molecule has 0 bridgehead atoms. The van der Waals surface area contributed by atoms with Crippen molar-refractivity contribution in [2.24, 2.45) is 12.8 Å². The van der Waals surface area contributed by atoms with E-state index in [0.29, 0.717) is 11.3 Å². The van der Waals surface area contributed by atoms with Gasteiger partial charge in [-0.15, -0.1) is 0 Å². The number of hydrogen-bond acceptors (Lipinski definition) is 3. The zero-order valence-electron chi connectivity index (χ0n) is 7.81. The summed E-state index contributed by atoms with van der Waals surface area (Å²) in [6.45, 7) is 0. The number of nitrogens with zero attached hydrogens (tertiary/aromatic N) is 2. The summed E-state index contributed by atoms with van der Waals surface area (Å²) in [5, 5.41) is 1.79. The molecule has 2 unspecified atom stereocenters. The molecule has 0 radical (unpaired) electrons. The molecule has 0 amide bonds. The van der Waals surface area contributed by atoms with Crippen LogP contribution in [0.15, 0.2) is 17.6 Å². The quantitative estimate of drug-likeness (QED) is 0.779. The molecule has 1 aliphatic carbocycles. The molecule has 1 aromatic rings. The second-order valence-electron chi connectivity index (χ2n) is 3.63. The van der Waals surface area contributed by atoms with Gasteiger partial charge in [0, 0.05) is 30.7 Å². The summed E-state index contributed by atoms with van der Waals surface area (Å²) in [5.41, 5.74) is 5.85. The van der Waals surface area contributed by atoms with E-state index in [2.05, 4.69) is 9.55 Å². The van der Waals surface area contributed by atoms with Crippen molar-refractivity contribution in [3.8, 4) is 0 Å². The summed E-state index contributed by atoms with van der Waals surface area (Å²) in [7, 11) is 2.03. The molecule has 13 heavy (non-hydrogen) atoms. The van der Waals surface area contributed by atoms with Crippen molar-refractivity contribution in [3.05, 3.63) is 12.4 Å². The fraction of sp³-hybridized carbons (Fsp3) is 0.667. The van der Waals surface area contributed by atoms with E-state index in [1.165, 1.54) is 12.8 Å². The maximum atomic E-state index is 5.85. The van der Waals surface area contributed by atoms with Gasteiger partial charge < -0.3 is 10.3 Å². The minimum Gasteiger partial charge on any atom is -0.329 e. The standard InChI is InChI=1S/C9H15N3S/c1-12-5-4-11-9(12)13-8-3-2-7(10)6-8/h4-5,7-8H,2-3,6,10H2,1H3. The molecule has 72 valence electrons. The highest BCUT2D eigenvalue weighted by molar-refractivity contribution is 7.99. The van der Waals surface area contributed by atoms with Crippen LogP contribution in [-0.4, -0.2) is 20.8 Å². The highest BCUT2D eigenvalue weighted by atomic mass is 32.2. The molecule has 1 aromatic heterocycles. The Morgan fingerprint density at radius 3 is 3.00 bits per heavy atom. The van der Waals surface area contributed by atoms with Crippen LogP contribution in [0.1, 0.15) is 19.3 Å². The average Bonchev–Trinajstić information content (AvgIpc) is 2.64. The first-order chi connectivity index (χ1) is 6.25. The Bertz CT molecular complexity index is 284. The largest absolute Gasteiger partial charge is 0.329 e. The lowest BCUT2D eigenvalue weighted by molar-refractivity contribution is 0.705. The van der Waals surface area contributed by atoms with Gasteiger partial charge >= 0.3 is 0 Å². The second kappa shape index (κ2) is 3.72. The van der Waals surface area contributed by atoms with Gasteiger partial charge in [-0.3, -0.25) is 0 Å². The topological polar surface area (TPSA) is 43.8 Å². The van der Waals surface area contributed by atoms with Crippen LogP contribution < -0.4 is 5.73 Å². The van der Waals surface area contributed by atoms with Gasteiger partial charge in [0.15, 0.2) is 5.16 Å². The number of imidazole rings is 1. The molecule has 0 aromatic carbocycles. The van der Waals surface area contributed by atoms with Crippen molar-refractivity contribution in [2.45, 2.75) is 35.7 Å². The Kier molecular flexibility index (Phi) is 2.60. The van der Waals surface area contributed by atoms with Crippen molar-refractivity contribution < 1.29 is 0 Å². The Balaban J connectivity index is 1.95. The summed E-state index contributed by atoms with van der Waals surface area (Å²) < 4.78 is 2.06. The highest BCUT2D eigenvalue weighted by Gasteiger charge is 2.23. The van der Waals surface area contributed by atoms with Gasteiger partial charge in [0.1, 0.15) is 0 Å². The molecule has 0 spiro atoms. The van der Waals surface area contributed by atoms with Crippen LogP contribution in [0.25, 0.3) is 0 Å². The summed E-state index contributed by atoms with van der Waals surface area (Å²) in [4.78, 5) is 4.29. The van der Waals surface area contributed by atoms with E-state index < -0.39 is 0 Å². The molecule has 0 saturated heterocycles. The molecule has 1 saturated carbocycles. The van der Waals surface area contributed by atoms with Crippen molar-refractivity contribution >= 4 is 11.8 Å². The van der Waals surface area contributed by atoms with Crippen molar-refractivity contribution in [3.63, 3.8) is 0 Å². The molecular weight excluding hydrogens is 182 g/mol. The van der Waals surface area contributed by atoms with Crippen molar-refractivity contribution in [2.75, 3.05) is 0 Å². The third kappa shape index (κ3) is 2.06. The Labute approximate surface area is 82.7 Å². The highest BCUT2D eigenvalue weighted by Crippen LogP contribution is 2.32. The molecule has 1 fully saturated rings. The van der Waals surface area contributed by atoms with Crippen LogP contribution in [0.2, 0.25) is 0 Å². The SMILES string of the molecule is Cn1ccnc1SC1CCC(N)C1. The Morgan fingerprint density at radius 1 is 1.62 bits per heavy atom. The zero-order chi connectivity index (χ0) is 9.26. The van der Waals surface area contributed by atoms with Gasteiger partial charge in [-0.25, -0.2) is 4.98 Å². The van der Waals surface area contributed by atoms with Gasteiger partial charge in [-0.2, -0.15) is 0 Å². The van der Waals surface area contributed by atoms with E-state index >= 15 is 0 Å². The van der Waals surface area contributed by atoms with Gasteiger partial charge in [-0.05, 0) is 19.3 Å². The molecule has 1 aliphatic rings. The maximum absolute atomic E-state index is 5.85. The number of aryl methyl sites for hydroxylation is 1. The van der Waals surface area contributed by atoms with Gasteiger partial charge in [0.25, 0.3) is 0 Å². The van der Waals surface area contributed by atoms with Crippen LogP contribution in [0.5, 0.6) is 0 Å². The summed E-state index contributed by atoms with van der Waals surface area (Å²) in [6, 6.07) is 0.415. The van der Waals surface area contributed by atoms with Crippen LogP contribution in [0.4, 0.5) is 0 Å². The lowest BCUT2D eigenvalue weighted by Crippen LogP contribution is -2.15. The minimum atomic E-state index is 0.415. The van der Waals surface area contributed by atoms with Gasteiger partial charge in [0.05, 0.1) is 0 Å². The fourth-order valence-electron chi connectivity index (χ4n) is 1.69. The van der Waals surface area contributed by atoms with Crippen LogP contribution in [-0.2, 0) is 7.05 Å². The van der Waals surface area contributed by atoms with Crippen molar-refractivity contribution in [1.29, 1.82) is 0 Å². The van der Waals surface area contributed by atoms with E-state index in [1.54, 1.807) is 0 Å². The van der Waals surface area contributed by atoms with Crippen LogP contribution in [0, 0.1) is 0 Å². The van der Waals surface area contributed by atoms with Crippen LogP contribution >= 0.6 is 11.8 Å². The van der Waals surface area contributed by atoms with E-state index in [0.717, 1.165) is 11.6 Å². The smallest absolute Gasteiger partial charge is 0.167 e. The zero-order valence-corrected chi connectivity index (χ0v) is 8.63. The number of hydrogen-bond donors (Lipinski definition) is 1. The van der Waals surface area contributed by atoms with Crippen molar-refractivity contribution in [1.82, 2.24) is 9.55 Å². The molecule has 0 aliphatic heterocycles. The molecule has 1 heterocycles. The monoisotopic (exact) mass is 197 g/mol. The van der Waals surface area contributed by atoms with Gasteiger partial charge in [-0.1, -0.05) is 11.8 Å². The van der Waals surface area contributed by atoms with E-state index in [1.807, 2.05) is 31.2 Å². The number of rotatable bonds is 2. The van der Waals surface area contributed by atoms with E-state index in [-0.39, 0.29) is 0 Å². The fourth-order valence-corrected chi connectivity index (χ4v) is 2.94. The Morgan fingerprint density at radius 2 is 2.46 bits per heavy atom. The van der Waals surface area contributed by atoms with Crippen LogP contribution in [0.3, 0.4) is 0 Å². The summed E-state index contributed by atoms with van der Waals surface area (Å²) in [6.07, 6.45) is 7.37. The number of nitrogens with two attached hydrogens (primary N) is 1. The molecule has 2 atom stereocenters. The first-order valence-electron chi connectivity index (χ1n) is 4.65. The summed E-state index contributed by atoms with van der Waals surface area (Å²) >= 11 is 1.86. The average molecular weight is 197 g/mol. The summed E-state index contributed by atoms with van der Waals surface area (Å²) in [5.74, 6) is 0. The second-order valence-corrected chi connectivity index (χ2v) is 4.90. The maximum Gasteiger partial charge on any atom is 0.167 e. The number of thioether (sulfide) groups is 1. The third-order valence-electron chi connectivity index (χ3n) is 2.47. The van der Waals surface area contributed by atoms with Gasteiger partial charge in [0.2, 0.25) is 0 Å². The molecule has 2 N–H and O–H groups in total. The third-order valence-corrected chi connectivity index (χ3v) is 3.84. The molecule has 2 rings (SSSR count). The van der Waals surface area contributed by atoms with E-state index in [9.17, 15) is 0 Å². The Hall–Kier alpha value is -0.480. The predicted octanol–water partition coefficient (Wildman–Crippen LogP) is 1.39.